The van der Waals surface area contributed by atoms with Gasteiger partial charge in [-0.15, -0.1) is 0 Å². The largest absolute Gasteiger partial charge is 0.351 e. The second kappa shape index (κ2) is 10.1. The number of halogens is 1. The predicted octanol–water partition coefficient (Wildman–Crippen LogP) is 4.95. The number of rotatable bonds is 8. The Bertz CT molecular complexity index is 1130. The summed E-state index contributed by atoms with van der Waals surface area (Å²) >= 11 is 3.38. The lowest BCUT2D eigenvalue weighted by Gasteiger charge is -2.23. The molecular weight excluding hydrogens is 476 g/mol. The van der Waals surface area contributed by atoms with E-state index in [1.807, 2.05) is 36.4 Å². The van der Waals surface area contributed by atoms with Gasteiger partial charge in [0.25, 0.3) is 5.91 Å². The summed E-state index contributed by atoms with van der Waals surface area (Å²) < 4.78 is 26.8. The molecule has 7 heteroatoms. The highest BCUT2D eigenvalue weighted by Crippen LogP contribution is 2.24. The van der Waals surface area contributed by atoms with E-state index in [0.717, 1.165) is 10.0 Å². The summed E-state index contributed by atoms with van der Waals surface area (Å²) in [5.41, 5.74) is 3.08. The number of amides is 1. The molecule has 3 aromatic carbocycles. The van der Waals surface area contributed by atoms with Crippen molar-refractivity contribution in [1.29, 1.82) is 0 Å². The van der Waals surface area contributed by atoms with Crippen molar-refractivity contribution in [3.8, 4) is 0 Å². The lowest BCUT2D eigenvalue weighted by atomic mass is 10.0. The summed E-state index contributed by atoms with van der Waals surface area (Å²) in [6.45, 7) is 2.79. The number of nitrogens with zero attached hydrogens (tertiary/aromatic N) is 1. The van der Waals surface area contributed by atoms with Crippen molar-refractivity contribution in [3.63, 3.8) is 0 Å². The van der Waals surface area contributed by atoms with Crippen molar-refractivity contribution in [1.82, 2.24) is 5.32 Å². The van der Waals surface area contributed by atoms with E-state index in [0.29, 0.717) is 17.8 Å². The van der Waals surface area contributed by atoms with Gasteiger partial charge in [0.1, 0.15) is 0 Å². The Kier molecular flexibility index (Phi) is 7.51. The minimum atomic E-state index is -3.47. The van der Waals surface area contributed by atoms with Crippen molar-refractivity contribution < 1.29 is 13.2 Å². The third-order valence-corrected chi connectivity index (χ3v) is 6.61. The van der Waals surface area contributed by atoms with Crippen molar-refractivity contribution >= 4 is 37.5 Å². The number of hydrogen-bond acceptors (Lipinski definition) is 3. The first-order valence-electron chi connectivity index (χ1n) is 9.89. The second-order valence-electron chi connectivity index (χ2n) is 7.47. The van der Waals surface area contributed by atoms with Crippen LogP contribution in [0.15, 0.2) is 83.3 Å². The van der Waals surface area contributed by atoms with E-state index in [4.69, 9.17) is 0 Å². The lowest BCUT2D eigenvalue weighted by Crippen LogP contribution is -2.29. The van der Waals surface area contributed by atoms with Crippen molar-refractivity contribution in [2.24, 2.45) is 0 Å². The van der Waals surface area contributed by atoms with Gasteiger partial charge in [-0.05, 0) is 47.4 Å². The average molecular weight is 501 g/mol. The molecule has 0 heterocycles. The zero-order valence-corrected chi connectivity index (χ0v) is 19.9. The maximum atomic E-state index is 12.5. The molecular formula is C24H25BrN2O3S. The van der Waals surface area contributed by atoms with Crippen LogP contribution in [0.25, 0.3) is 0 Å². The first-order chi connectivity index (χ1) is 14.7. The van der Waals surface area contributed by atoms with E-state index in [1.165, 1.54) is 16.1 Å². The minimum absolute atomic E-state index is 0.152. The van der Waals surface area contributed by atoms with Gasteiger partial charge in [0, 0.05) is 16.6 Å². The predicted molar refractivity (Wildman–Crippen MR) is 129 cm³/mol. The fourth-order valence-electron chi connectivity index (χ4n) is 3.21. The Morgan fingerprint density at radius 1 is 1.00 bits per heavy atom. The Labute approximate surface area is 192 Å². The highest BCUT2D eigenvalue weighted by atomic mass is 79.9. The average Bonchev–Trinajstić information content (AvgIpc) is 2.75. The molecule has 0 bridgehead atoms. The molecule has 0 fully saturated rings. The summed E-state index contributed by atoms with van der Waals surface area (Å²) in [5.74, 6) is 0.0548. The summed E-state index contributed by atoms with van der Waals surface area (Å²) in [6, 6.07) is 24.2. The molecule has 0 aliphatic carbocycles. The first-order valence-corrected chi connectivity index (χ1v) is 12.5. The van der Waals surface area contributed by atoms with Crippen LogP contribution in [-0.2, 0) is 16.6 Å². The van der Waals surface area contributed by atoms with Gasteiger partial charge in [0.15, 0.2) is 0 Å². The molecule has 3 rings (SSSR count). The maximum absolute atomic E-state index is 12.5. The number of benzene rings is 3. The van der Waals surface area contributed by atoms with Crippen LogP contribution in [0.2, 0.25) is 0 Å². The lowest BCUT2D eigenvalue weighted by molar-refractivity contribution is 0.0951. The van der Waals surface area contributed by atoms with Crippen LogP contribution in [0.4, 0.5) is 5.69 Å². The third-order valence-electron chi connectivity index (χ3n) is 4.98. The smallest absolute Gasteiger partial charge is 0.251 e. The Morgan fingerprint density at radius 2 is 1.68 bits per heavy atom. The fraction of sp³-hybridized carbons (Fsp3) is 0.208. The molecule has 1 atom stereocenters. The number of carbonyl (C=O) groups excluding carboxylic acids is 1. The standard InChI is InChI=1S/C24H25BrN2O3S/c1-18(20-7-4-3-5-8-20)16-26-24(28)21-13-11-19(12-14-21)17-27(31(2,29)30)23-10-6-9-22(25)15-23/h3-15,18H,16-17H2,1-2H3,(H,26,28). The maximum Gasteiger partial charge on any atom is 0.251 e. The van der Waals surface area contributed by atoms with E-state index in [-0.39, 0.29) is 18.4 Å². The molecule has 5 nitrogen and oxygen atoms in total. The van der Waals surface area contributed by atoms with Gasteiger partial charge in [-0.25, -0.2) is 8.42 Å². The van der Waals surface area contributed by atoms with E-state index in [2.05, 4.69) is 28.2 Å². The van der Waals surface area contributed by atoms with Gasteiger partial charge >= 0.3 is 0 Å². The first kappa shape index (κ1) is 23.0. The van der Waals surface area contributed by atoms with Crippen LogP contribution < -0.4 is 9.62 Å². The molecule has 0 saturated carbocycles. The van der Waals surface area contributed by atoms with E-state index >= 15 is 0 Å². The molecule has 0 aliphatic rings. The highest BCUT2D eigenvalue weighted by molar-refractivity contribution is 9.10. The van der Waals surface area contributed by atoms with Crippen LogP contribution in [0.3, 0.4) is 0 Å². The van der Waals surface area contributed by atoms with Crippen LogP contribution in [0, 0.1) is 0 Å². The summed E-state index contributed by atoms with van der Waals surface area (Å²) in [6.07, 6.45) is 1.18. The van der Waals surface area contributed by atoms with Gasteiger partial charge in [0.2, 0.25) is 10.0 Å². The Hall–Kier alpha value is -2.64. The molecule has 3 aromatic rings. The molecule has 0 aliphatic heterocycles. The number of anilines is 1. The number of sulfonamides is 1. The van der Waals surface area contributed by atoms with Crippen LogP contribution in [-0.4, -0.2) is 27.1 Å². The minimum Gasteiger partial charge on any atom is -0.351 e. The van der Waals surface area contributed by atoms with Crippen molar-refractivity contribution in [2.45, 2.75) is 19.4 Å². The molecule has 1 unspecified atom stereocenters. The topological polar surface area (TPSA) is 66.5 Å². The van der Waals surface area contributed by atoms with Gasteiger partial charge in [-0.2, -0.15) is 0 Å². The monoisotopic (exact) mass is 500 g/mol. The molecule has 162 valence electrons. The molecule has 1 amide bonds. The normalized spacial score (nSPS) is 12.2. The number of hydrogen-bond donors (Lipinski definition) is 1. The van der Waals surface area contributed by atoms with Gasteiger partial charge in [-0.1, -0.05) is 71.4 Å². The molecule has 0 saturated heterocycles. The Morgan fingerprint density at radius 3 is 2.29 bits per heavy atom. The van der Waals surface area contributed by atoms with Crippen LogP contribution in [0.5, 0.6) is 0 Å². The summed E-state index contributed by atoms with van der Waals surface area (Å²) in [5, 5.41) is 2.96. The van der Waals surface area contributed by atoms with Crippen molar-refractivity contribution in [3.05, 3.63) is 100 Å². The van der Waals surface area contributed by atoms with E-state index in [9.17, 15) is 13.2 Å². The number of carbonyl (C=O) groups is 1. The van der Waals surface area contributed by atoms with E-state index < -0.39 is 10.0 Å². The molecule has 1 N–H and O–H groups in total. The highest BCUT2D eigenvalue weighted by Gasteiger charge is 2.18. The Balaban J connectivity index is 1.66. The zero-order chi connectivity index (χ0) is 22.4. The zero-order valence-electron chi connectivity index (χ0n) is 17.5. The van der Waals surface area contributed by atoms with Gasteiger partial charge < -0.3 is 5.32 Å². The number of nitrogens with one attached hydrogen (secondary N) is 1. The van der Waals surface area contributed by atoms with Crippen molar-refractivity contribution in [2.75, 3.05) is 17.1 Å². The third kappa shape index (κ3) is 6.42. The second-order valence-corrected chi connectivity index (χ2v) is 10.3. The molecule has 31 heavy (non-hydrogen) atoms. The van der Waals surface area contributed by atoms with Gasteiger partial charge in [-0.3, -0.25) is 9.10 Å². The molecule has 0 radical (unpaired) electrons. The van der Waals surface area contributed by atoms with Crippen LogP contribution >= 0.6 is 15.9 Å². The van der Waals surface area contributed by atoms with Crippen LogP contribution in [0.1, 0.15) is 34.3 Å². The van der Waals surface area contributed by atoms with E-state index in [1.54, 1.807) is 42.5 Å². The quantitative estimate of drug-likeness (QED) is 0.475. The SMILES string of the molecule is CC(CNC(=O)c1ccc(CN(c2cccc(Br)c2)S(C)(=O)=O)cc1)c1ccccc1. The summed E-state index contributed by atoms with van der Waals surface area (Å²) in [4.78, 5) is 12.5. The summed E-state index contributed by atoms with van der Waals surface area (Å²) in [7, 11) is -3.47. The molecule has 0 spiro atoms. The van der Waals surface area contributed by atoms with Gasteiger partial charge in [0.05, 0.1) is 18.5 Å². The fourth-order valence-corrected chi connectivity index (χ4v) is 4.47. The molecule has 0 aromatic heterocycles.